The van der Waals surface area contributed by atoms with Gasteiger partial charge in [-0.2, -0.15) is 26.3 Å². The Morgan fingerprint density at radius 1 is 0.955 bits per heavy atom. The molecule has 2 saturated heterocycles. The second-order valence-corrected chi connectivity index (χ2v) is 11.0. The highest BCUT2D eigenvalue weighted by Crippen LogP contribution is 2.40. The van der Waals surface area contributed by atoms with Gasteiger partial charge in [-0.15, -0.1) is 0 Å². The minimum Gasteiger partial charge on any atom is -0.379 e. The number of hydrogen-bond donors (Lipinski definition) is 1. The number of nitrogens with zero attached hydrogens (tertiary/aromatic N) is 3. The minimum absolute atomic E-state index is 0.0693. The first-order chi connectivity index (χ1) is 20.8. The number of ether oxygens (including phenoxy) is 3. The Labute approximate surface area is 253 Å². The molecular formula is C29H30ClF7N4O3. The third-order valence-corrected chi connectivity index (χ3v) is 7.79. The second kappa shape index (κ2) is 13.3. The van der Waals surface area contributed by atoms with Gasteiger partial charge in [-0.05, 0) is 60.0 Å². The molecule has 3 atom stereocenters. The van der Waals surface area contributed by atoms with E-state index in [4.69, 9.17) is 25.8 Å². The van der Waals surface area contributed by atoms with Crippen molar-refractivity contribution in [2.75, 3.05) is 39.5 Å². The Hall–Kier alpha value is -2.75. The zero-order valence-corrected chi connectivity index (χ0v) is 24.3. The summed E-state index contributed by atoms with van der Waals surface area (Å²) in [6, 6.07) is 6.18. The number of alkyl halides is 6. The predicted octanol–water partition coefficient (Wildman–Crippen LogP) is 6.75. The zero-order chi connectivity index (χ0) is 31.6. The number of benzene rings is 2. The van der Waals surface area contributed by atoms with Crippen molar-refractivity contribution in [3.63, 3.8) is 0 Å². The SMILES string of the molecule is CC(OC1OCCN(Cc2nc(Cl)[nH]c2CN2CCOCC2)C1c1ccc(F)cc1)c1cc(C(F)(F)F)cc(C(F)(F)F)c1. The van der Waals surface area contributed by atoms with Crippen LogP contribution in [0.3, 0.4) is 0 Å². The van der Waals surface area contributed by atoms with Crippen molar-refractivity contribution in [1.29, 1.82) is 0 Å². The average molecular weight is 651 g/mol. The largest absolute Gasteiger partial charge is 0.416 e. The van der Waals surface area contributed by atoms with Crippen LogP contribution in [0.25, 0.3) is 0 Å². The molecule has 1 aromatic heterocycles. The Kier molecular flexibility index (Phi) is 9.87. The van der Waals surface area contributed by atoms with E-state index < -0.39 is 47.7 Å². The quantitative estimate of drug-likeness (QED) is 0.272. The number of aromatic amines is 1. The topological polar surface area (TPSA) is 62.9 Å². The number of rotatable bonds is 8. The Morgan fingerprint density at radius 3 is 2.20 bits per heavy atom. The summed E-state index contributed by atoms with van der Waals surface area (Å²) < 4.78 is 112. The molecule has 5 rings (SSSR count). The van der Waals surface area contributed by atoms with Crippen LogP contribution in [0.4, 0.5) is 30.7 Å². The van der Waals surface area contributed by atoms with E-state index in [-0.39, 0.29) is 30.1 Å². The van der Waals surface area contributed by atoms with Crippen molar-refractivity contribution >= 4 is 11.6 Å². The summed E-state index contributed by atoms with van der Waals surface area (Å²) in [4.78, 5) is 11.7. The predicted molar refractivity (Wildman–Crippen MR) is 145 cm³/mol. The summed E-state index contributed by atoms with van der Waals surface area (Å²) in [7, 11) is 0. The molecule has 0 amide bonds. The van der Waals surface area contributed by atoms with Gasteiger partial charge in [0.25, 0.3) is 0 Å². The maximum Gasteiger partial charge on any atom is 0.416 e. The van der Waals surface area contributed by atoms with Crippen LogP contribution in [0.1, 0.15) is 52.7 Å². The maximum atomic E-state index is 13.9. The van der Waals surface area contributed by atoms with Crippen molar-refractivity contribution in [3.05, 3.63) is 87.2 Å². The van der Waals surface area contributed by atoms with Gasteiger partial charge in [-0.25, -0.2) is 9.37 Å². The van der Waals surface area contributed by atoms with Crippen molar-refractivity contribution < 1.29 is 44.9 Å². The van der Waals surface area contributed by atoms with E-state index in [1.165, 1.54) is 31.2 Å². The lowest BCUT2D eigenvalue weighted by Crippen LogP contribution is -2.46. The second-order valence-electron chi connectivity index (χ2n) is 10.7. The van der Waals surface area contributed by atoms with Crippen LogP contribution in [-0.2, 0) is 39.7 Å². The van der Waals surface area contributed by atoms with Gasteiger partial charge in [0.15, 0.2) is 6.29 Å². The lowest BCUT2D eigenvalue weighted by Gasteiger charge is -2.42. The molecule has 2 aliphatic heterocycles. The van der Waals surface area contributed by atoms with Crippen molar-refractivity contribution in [2.45, 2.75) is 50.8 Å². The molecule has 2 aromatic carbocycles. The van der Waals surface area contributed by atoms with E-state index in [1.54, 1.807) is 0 Å². The van der Waals surface area contributed by atoms with E-state index >= 15 is 0 Å². The Balaban J connectivity index is 1.43. The molecule has 240 valence electrons. The van der Waals surface area contributed by atoms with E-state index in [0.29, 0.717) is 49.7 Å². The highest BCUT2D eigenvalue weighted by molar-refractivity contribution is 6.28. The first-order valence-corrected chi connectivity index (χ1v) is 14.2. The third kappa shape index (κ3) is 7.90. The Bertz CT molecular complexity index is 1380. The Morgan fingerprint density at radius 2 is 1.59 bits per heavy atom. The maximum absolute atomic E-state index is 13.9. The first kappa shape index (κ1) is 32.6. The number of H-pyrrole nitrogens is 1. The van der Waals surface area contributed by atoms with E-state index in [9.17, 15) is 30.7 Å². The fraction of sp³-hybridized carbons (Fsp3) is 0.483. The number of nitrogens with one attached hydrogen (secondary N) is 1. The number of aromatic nitrogens is 2. The summed E-state index contributed by atoms with van der Waals surface area (Å²) in [5.41, 5.74) is -1.20. The molecule has 3 aromatic rings. The summed E-state index contributed by atoms with van der Waals surface area (Å²) in [6.45, 7) is 5.32. The van der Waals surface area contributed by atoms with Gasteiger partial charge in [0.2, 0.25) is 5.28 Å². The van der Waals surface area contributed by atoms with Crippen LogP contribution < -0.4 is 0 Å². The molecule has 0 saturated carbocycles. The zero-order valence-electron chi connectivity index (χ0n) is 23.5. The van der Waals surface area contributed by atoms with Gasteiger partial charge in [0, 0.05) is 32.7 Å². The van der Waals surface area contributed by atoms with E-state index in [1.807, 2.05) is 4.90 Å². The molecule has 0 radical (unpaired) electrons. The number of imidazole rings is 1. The van der Waals surface area contributed by atoms with Gasteiger partial charge in [0.1, 0.15) is 5.82 Å². The highest BCUT2D eigenvalue weighted by atomic mass is 35.5. The smallest absolute Gasteiger partial charge is 0.379 e. The summed E-state index contributed by atoms with van der Waals surface area (Å²) in [6.07, 6.45) is -12.4. The van der Waals surface area contributed by atoms with Crippen LogP contribution in [0.5, 0.6) is 0 Å². The van der Waals surface area contributed by atoms with Gasteiger partial charge in [0.05, 0.1) is 54.5 Å². The van der Waals surface area contributed by atoms with Crippen LogP contribution in [0, 0.1) is 5.82 Å². The molecule has 2 aliphatic rings. The lowest BCUT2D eigenvalue weighted by molar-refractivity contribution is -0.231. The van der Waals surface area contributed by atoms with Gasteiger partial charge < -0.3 is 19.2 Å². The monoisotopic (exact) mass is 650 g/mol. The van der Waals surface area contributed by atoms with Crippen molar-refractivity contribution in [1.82, 2.24) is 19.8 Å². The normalized spacial score (nSPS) is 21.5. The molecule has 0 spiro atoms. The fourth-order valence-electron chi connectivity index (χ4n) is 5.35. The molecule has 1 N–H and O–H groups in total. The molecule has 7 nitrogen and oxygen atoms in total. The molecule has 15 heteroatoms. The third-order valence-electron chi connectivity index (χ3n) is 7.61. The molecule has 0 bridgehead atoms. The molecule has 3 heterocycles. The number of morpholine rings is 2. The van der Waals surface area contributed by atoms with Crippen LogP contribution in [-0.4, -0.2) is 65.5 Å². The molecule has 0 aliphatic carbocycles. The molecule has 2 fully saturated rings. The highest BCUT2D eigenvalue weighted by Gasteiger charge is 2.39. The van der Waals surface area contributed by atoms with Crippen LogP contribution in [0.15, 0.2) is 42.5 Å². The first-order valence-electron chi connectivity index (χ1n) is 13.9. The average Bonchev–Trinajstić information content (AvgIpc) is 3.31. The lowest BCUT2D eigenvalue weighted by atomic mass is 10.0. The number of hydrogen-bond acceptors (Lipinski definition) is 6. The van der Waals surface area contributed by atoms with Gasteiger partial charge >= 0.3 is 12.4 Å². The van der Waals surface area contributed by atoms with Crippen molar-refractivity contribution in [3.8, 4) is 0 Å². The summed E-state index contributed by atoms with van der Waals surface area (Å²) in [5, 5.41) is 0.196. The summed E-state index contributed by atoms with van der Waals surface area (Å²) in [5.74, 6) is -0.488. The molecule has 3 unspecified atom stereocenters. The van der Waals surface area contributed by atoms with Crippen molar-refractivity contribution in [2.24, 2.45) is 0 Å². The van der Waals surface area contributed by atoms with Crippen LogP contribution in [0.2, 0.25) is 5.28 Å². The minimum atomic E-state index is -5.01. The van der Waals surface area contributed by atoms with Crippen LogP contribution >= 0.6 is 11.6 Å². The number of halogens is 8. The van der Waals surface area contributed by atoms with Gasteiger partial charge in [-0.1, -0.05) is 12.1 Å². The standard InChI is InChI=1S/C29H30ClF7N4O3/c1-17(19-12-20(28(32,33)34)14-21(13-19)29(35,36)37)44-26-25(18-2-4-22(31)5-3-18)41(8-11-43-26)16-24-23(38-27(30)39-24)15-40-6-9-42-10-7-40/h2-5,12-14,17,25-26H,6-11,15-16H2,1H3,(H,38,39). The molecule has 44 heavy (non-hydrogen) atoms. The summed E-state index contributed by atoms with van der Waals surface area (Å²) >= 11 is 6.25. The van der Waals surface area contributed by atoms with Gasteiger partial charge in [-0.3, -0.25) is 9.80 Å². The van der Waals surface area contributed by atoms with E-state index in [2.05, 4.69) is 14.9 Å². The fourth-order valence-corrected chi connectivity index (χ4v) is 5.56. The van der Waals surface area contributed by atoms with E-state index in [0.717, 1.165) is 18.8 Å². The molecular weight excluding hydrogens is 621 g/mol.